The number of rotatable bonds is 33. The first-order valence-electron chi connectivity index (χ1n) is 24.6. The van der Waals surface area contributed by atoms with E-state index >= 15 is 0 Å². The Hall–Kier alpha value is -2.80. The Balaban J connectivity index is 0.000000855. The molecule has 0 aromatic heterocycles. The van der Waals surface area contributed by atoms with E-state index in [1.54, 1.807) is 0 Å². The molecule has 7 heteroatoms. The van der Waals surface area contributed by atoms with Gasteiger partial charge in [-0.25, -0.2) is 0 Å². The molecular weight excluding hydrogens is 773 g/mol. The van der Waals surface area contributed by atoms with Crippen LogP contribution in [-0.2, 0) is 27.4 Å². The normalized spacial score (nSPS) is 14.4. The highest BCUT2D eigenvalue weighted by molar-refractivity contribution is 5.14. The minimum Gasteiger partial charge on any atom is -0.396 e. The maximum atomic E-state index is 9.86. The molecule has 0 spiro atoms. The molecule has 0 aliphatic carbocycles. The van der Waals surface area contributed by atoms with E-state index < -0.39 is 0 Å². The highest BCUT2D eigenvalue weighted by Gasteiger charge is 2.19. The zero-order chi connectivity index (χ0) is 45.4. The topological polar surface area (TPSA) is 112 Å². The van der Waals surface area contributed by atoms with Gasteiger partial charge in [0.15, 0.2) is 0 Å². The summed E-state index contributed by atoms with van der Waals surface area (Å²) >= 11 is 0. The third kappa shape index (κ3) is 45.2. The molecule has 0 saturated carbocycles. The molecule has 0 unspecified atom stereocenters. The lowest BCUT2D eigenvalue weighted by Crippen LogP contribution is -2.09. The fourth-order valence-electron chi connectivity index (χ4n) is 6.05. The number of aliphatic hydroxyl groups excluding tert-OH is 4. The summed E-state index contributed by atoms with van der Waals surface area (Å²) < 4.78 is 16.1. The number of aliphatic hydroxyl groups is 4. The average molecular weight is 865 g/mol. The van der Waals surface area contributed by atoms with Crippen molar-refractivity contribution in [1.29, 1.82) is 0 Å². The van der Waals surface area contributed by atoms with Gasteiger partial charge >= 0.3 is 0 Å². The van der Waals surface area contributed by atoms with Gasteiger partial charge in [-0.2, -0.15) is 0 Å². The highest BCUT2D eigenvalue weighted by Crippen LogP contribution is 2.14. The molecule has 0 radical (unpaired) electrons. The third-order valence-electron chi connectivity index (χ3n) is 10.1. The highest BCUT2D eigenvalue weighted by atomic mass is 16.6. The van der Waals surface area contributed by atoms with Crippen molar-refractivity contribution in [2.45, 2.75) is 213 Å². The lowest BCUT2D eigenvalue weighted by atomic mass is 10.1. The second-order valence-corrected chi connectivity index (χ2v) is 16.4. The third-order valence-corrected chi connectivity index (χ3v) is 10.1. The van der Waals surface area contributed by atoms with E-state index in [4.69, 9.17) is 19.3 Å². The fraction of sp³-hybridized carbons (Fsp3) is 0.673. The monoisotopic (exact) mass is 865 g/mol. The average Bonchev–Trinajstić information content (AvgIpc) is 4.12. The van der Waals surface area contributed by atoms with Gasteiger partial charge in [-0.15, -0.1) is 11.8 Å². The molecule has 354 valence electrons. The van der Waals surface area contributed by atoms with Crippen molar-refractivity contribution < 1.29 is 34.6 Å². The van der Waals surface area contributed by atoms with Crippen molar-refractivity contribution in [1.82, 2.24) is 0 Å². The molecule has 0 bridgehead atoms. The zero-order valence-electron chi connectivity index (χ0n) is 39.9. The molecule has 4 N–H and O–H groups in total. The number of benzene rings is 2. The van der Waals surface area contributed by atoms with Crippen LogP contribution in [0.4, 0.5) is 0 Å². The van der Waals surface area contributed by atoms with E-state index in [0.29, 0.717) is 64.6 Å². The van der Waals surface area contributed by atoms with Crippen LogP contribution in [0, 0.1) is 11.8 Å². The summed E-state index contributed by atoms with van der Waals surface area (Å²) in [7, 11) is 0. The Morgan fingerprint density at radius 2 is 1.05 bits per heavy atom. The van der Waals surface area contributed by atoms with Gasteiger partial charge in [0.25, 0.3) is 0 Å². The Morgan fingerprint density at radius 1 is 0.581 bits per heavy atom. The van der Waals surface area contributed by atoms with E-state index in [1.807, 2.05) is 54.6 Å². The Morgan fingerprint density at radius 3 is 1.48 bits per heavy atom. The minimum absolute atomic E-state index is 0.0749. The lowest BCUT2D eigenvalue weighted by molar-refractivity contribution is 0.0745. The molecular formula is C55H92O7. The van der Waals surface area contributed by atoms with Crippen molar-refractivity contribution >= 4 is 0 Å². The molecule has 1 fully saturated rings. The quantitative estimate of drug-likeness (QED) is 0.0245. The Labute approximate surface area is 380 Å². The predicted octanol–water partition coefficient (Wildman–Crippen LogP) is 13.0. The van der Waals surface area contributed by atoms with E-state index in [0.717, 1.165) is 32.3 Å². The van der Waals surface area contributed by atoms with Gasteiger partial charge in [-0.1, -0.05) is 177 Å². The second-order valence-electron chi connectivity index (χ2n) is 16.4. The van der Waals surface area contributed by atoms with Gasteiger partial charge < -0.3 is 34.6 Å². The van der Waals surface area contributed by atoms with Crippen molar-refractivity contribution in [3.8, 4) is 11.8 Å². The molecule has 1 aliphatic rings. The van der Waals surface area contributed by atoms with Crippen molar-refractivity contribution in [2.75, 3.05) is 26.4 Å². The van der Waals surface area contributed by atoms with Gasteiger partial charge in [0, 0.05) is 32.7 Å². The van der Waals surface area contributed by atoms with E-state index in [9.17, 15) is 15.3 Å². The van der Waals surface area contributed by atoms with Crippen LogP contribution in [0.3, 0.4) is 0 Å². The number of allylic oxidation sites excluding steroid dienone is 2. The number of epoxide rings is 1. The van der Waals surface area contributed by atoms with Crippen LogP contribution in [0.1, 0.15) is 187 Å². The smallest absolute Gasteiger partial charge is 0.0809 e. The zero-order valence-corrected chi connectivity index (χ0v) is 39.9. The van der Waals surface area contributed by atoms with Crippen LogP contribution in [-0.4, -0.2) is 71.3 Å². The van der Waals surface area contributed by atoms with E-state index in [-0.39, 0.29) is 24.9 Å². The van der Waals surface area contributed by atoms with E-state index in [1.165, 1.54) is 101 Å². The summed E-state index contributed by atoms with van der Waals surface area (Å²) in [6, 6.07) is 20.2. The number of unbranched alkanes of at least 4 members (excludes halogenated alkanes) is 12. The molecule has 62 heavy (non-hydrogen) atoms. The molecule has 7 nitrogen and oxygen atoms in total. The maximum absolute atomic E-state index is 9.86. The first kappa shape index (κ1) is 59.2. The van der Waals surface area contributed by atoms with Crippen LogP contribution in [0.2, 0.25) is 0 Å². The lowest BCUT2D eigenvalue weighted by Gasteiger charge is -2.08. The fourth-order valence-corrected chi connectivity index (χ4v) is 6.05. The first-order chi connectivity index (χ1) is 30.4. The second kappa shape index (κ2) is 47.7. The maximum Gasteiger partial charge on any atom is 0.0809 e. The summed E-state index contributed by atoms with van der Waals surface area (Å²) in [6.45, 7) is 12.3. The van der Waals surface area contributed by atoms with Gasteiger partial charge in [0.05, 0.1) is 44.2 Å². The molecule has 1 heterocycles. The van der Waals surface area contributed by atoms with Gasteiger partial charge in [0.1, 0.15) is 0 Å². The number of ether oxygens (including phenoxy) is 3. The molecule has 2 aromatic rings. The molecule has 0 amide bonds. The summed E-state index contributed by atoms with van der Waals surface area (Å²) in [5.41, 5.74) is 2.35. The summed E-state index contributed by atoms with van der Waals surface area (Å²) in [6.07, 6.45) is 33.0. The standard InChI is InChI=1S/C19H30O2.C19H28O2.C12H24O2.C5H10O/c2*1-2-3-4-5-6-7-11-14-19(20)15-16-21-17-18-12-9-8-10-13-18;1-2-3-4-5-6-7-8-9-12(14)10-11-13;1-2-3-5-4-6-5/h7-13,19-20H,2-6,14-17H2,1H3;8-10,12-13,19-20H,2-6,14-17H2,1H3;7-8,12-14H,2-6,9-11H2,1H3;5H,2-4H2,1H3/b11-7-;;8-7-;/t2*19-;12-;5-/m1110/s1. The van der Waals surface area contributed by atoms with Crippen LogP contribution < -0.4 is 0 Å². The van der Waals surface area contributed by atoms with Gasteiger partial charge in [-0.3, -0.25) is 0 Å². The van der Waals surface area contributed by atoms with Crippen LogP contribution in [0.15, 0.2) is 85.0 Å². The number of hydrogen-bond donors (Lipinski definition) is 4. The van der Waals surface area contributed by atoms with Crippen molar-refractivity contribution in [3.63, 3.8) is 0 Å². The van der Waals surface area contributed by atoms with Crippen LogP contribution in [0.25, 0.3) is 0 Å². The Bertz CT molecular complexity index is 1280. The molecule has 2 aromatic carbocycles. The van der Waals surface area contributed by atoms with Crippen molar-refractivity contribution in [3.05, 3.63) is 96.1 Å². The van der Waals surface area contributed by atoms with Gasteiger partial charge in [0.2, 0.25) is 0 Å². The summed E-state index contributed by atoms with van der Waals surface area (Å²) in [5.74, 6) is 6.21. The molecule has 1 aliphatic heterocycles. The molecule has 3 rings (SSSR count). The largest absolute Gasteiger partial charge is 0.396 e. The summed E-state index contributed by atoms with van der Waals surface area (Å²) in [4.78, 5) is 0. The molecule has 1 saturated heterocycles. The Kier molecular flexibility index (Phi) is 45.5. The predicted molar refractivity (Wildman–Crippen MR) is 262 cm³/mol. The van der Waals surface area contributed by atoms with Gasteiger partial charge in [-0.05, 0) is 81.8 Å². The number of hydrogen-bond acceptors (Lipinski definition) is 7. The molecule has 4 atom stereocenters. The van der Waals surface area contributed by atoms with Crippen LogP contribution >= 0.6 is 0 Å². The van der Waals surface area contributed by atoms with Crippen molar-refractivity contribution in [2.24, 2.45) is 0 Å². The summed E-state index contributed by atoms with van der Waals surface area (Å²) in [5, 5.41) is 37.5. The van der Waals surface area contributed by atoms with E-state index in [2.05, 4.69) is 69.9 Å². The first-order valence-corrected chi connectivity index (χ1v) is 24.6. The van der Waals surface area contributed by atoms with Crippen LogP contribution in [0.5, 0.6) is 0 Å². The minimum atomic E-state index is -0.371. The SMILES string of the molecule is CCCCCC/C=C\C[C@@H](O)CCO.CCCCCC/C=C\C[C@@H](O)CCOCc1ccccc1.CCCCCCC#CC[C@@H](O)CCOCc1ccccc1.CCC[C@H]1CO1.